The summed E-state index contributed by atoms with van der Waals surface area (Å²) < 4.78 is 245. The first kappa shape index (κ1) is 16.0. The lowest BCUT2D eigenvalue weighted by Gasteiger charge is -2.23. The van der Waals surface area contributed by atoms with Crippen molar-refractivity contribution in [1.29, 1.82) is 0 Å². The molecule has 5 heteroatoms. The Balaban J connectivity index is 1.55. The molecule has 6 aromatic carbocycles. The van der Waals surface area contributed by atoms with Gasteiger partial charge in [0.1, 0.15) is 17.4 Å². The smallest absolute Gasteiger partial charge is 0.149 e. The maximum Gasteiger partial charge on any atom is 0.149 e. The number of hydrogen-bond donors (Lipinski definition) is 1. The van der Waals surface area contributed by atoms with Crippen LogP contribution in [-0.2, 0) is 0 Å². The quantitative estimate of drug-likeness (QED) is 0.160. The third kappa shape index (κ3) is 6.22. The lowest BCUT2D eigenvalue weighted by atomic mass is 9.92. The fourth-order valence-corrected chi connectivity index (χ4v) is 7.05. The van der Waals surface area contributed by atoms with Gasteiger partial charge in [0, 0.05) is 49.5 Å². The van der Waals surface area contributed by atoms with Crippen molar-refractivity contribution in [2.24, 2.45) is 0 Å². The number of aromatic hydroxyl groups is 1. The number of phenolic OH excluding ortho intramolecular Hbond substituents is 1. The van der Waals surface area contributed by atoms with Crippen molar-refractivity contribution in [3.8, 4) is 51.0 Å². The summed E-state index contributed by atoms with van der Waals surface area (Å²) in [6.45, 7) is -30.2. The molecule has 0 unspecified atom stereocenters. The Morgan fingerprint density at radius 3 is 1.60 bits per heavy atom. The zero-order chi connectivity index (χ0) is 62.2. The Hall–Kier alpha value is -5.94. The van der Waals surface area contributed by atoms with E-state index in [0.717, 1.165) is 45.5 Å². The van der Waals surface area contributed by atoms with Crippen molar-refractivity contribution in [3.63, 3.8) is 0 Å². The topological polar surface area (TPSA) is 55.9 Å². The van der Waals surface area contributed by atoms with E-state index in [2.05, 4.69) is 0 Å². The Bertz CT molecular complexity index is 3620. The Kier molecular flexibility index (Phi) is 4.19. The molecule has 0 saturated heterocycles. The Morgan fingerprint density at radius 1 is 0.491 bits per heavy atom. The molecule has 0 spiro atoms. The third-order valence-electron chi connectivity index (χ3n) is 9.42. The van der Waals surface area contributed by atoms with Gasteiger partial charge in [-0.05, 0) is 87.8 Å². The summed E-state index contributed by atoms with van der Waals surface area (Å²) in [5, 5.41) is 11.5. The molecule has 8 rings (SSSR count). The van der Waals surface area contributed by atoms with Crippen LogP contribution < -0.4 is 0 Å². The highest BCUT2D eigenvalue weighted by Crippen LogP contribution is 2.43. The maximum atomic E-state index is 11.5. The monoisotopic (exact) mass is 751 g/mol. The van der Waals surface area contributed by atoms with Crippen LogP contribution in [0.25, 0.3) is 67.3 Å². The van der Waals surface area contributed by atoms with Crippen LogP contribution in [0, 0.1) is 0 Å². The first-order valence-electron chi connectivity index (χ1n) is 30.9. The van der Waals surface area contributed by atoms with Gasteiger partial charge in [0.2, 0.25) is 0 Å². The van der Waals surface area contributed by atoms with Crippen LogP contribution in [0.3, 0.4) is 0 Å². The summed E-state index contributed by atoms with van der Waals surface area (Å²) in [5.41, 5.74) is -5.57. The molecule has 1 N–H and O–H groups in total. The van der Waals surface area contributed by atoms with Crippen LogP contribution >= 0.6 is 0 Å². The first-order chi connectivity index (χ1) is 37.7. The molecule has 0 aliphatic heterocycles. The normalized spacial score (nSPS) is 22.1. The highest BCUT2D eigenvalue weighted by atomic mass is 16.3. The van der Waals surface area contributed by atoms with Crippen LogP contribution in [0.5, 0.6) is 5.75 Å². The molecule has 276 valence electrons. The van der Waals surface area contributed by atoms with Crippen LogP contribution in [0.2, 0.25) is 0 Å². The van der Waals surface area contributed by atoms with E-state index in [1.807, 2.05) is 0 Å². The van der Waals surface area contributed by atoms with Crippen molar-refractivity contribution < 1.29 is 43.5 Å². The number of aromatic nitrogens is 4. The second-order valence-electron chi connectivity index (χ2n) is 12.7. The van der Waals surface area contributed by atoms with E-state index in [9.17, 15) is 10.6 Å². The van der Waals surface area contributed by atoms with Crippen LogP contribution in [0.15, 0.2) is 127 Å². The summed E-state index contributed by atoms with van der Waals surface area (Å²) in [6, 6.07) is 27.0. The summed E-state index contributed by atoms with van der Waals surface area (Å²) in [6.07, 6.45) is 0. The van der Waals surface area contributed by atoms with E-state index in [1.54, 1.807) is 0 Å². The van der Waals surface area contributed by atoms with Gasteiger partial charge in [-0.3, -0.25) is 9.13 Å². The maximum absolute atomic E-state index is 11.5. The third-order valence-corrected chi connectivity index (χ3v) is 9.42. The number of benzene rings is 6. The average Bonchev–Trinajstić information content (AvgIpc) is 1.68. The summed E-state index contributed by atoms with van der Waals surface area (Å²) >= 11 is 0. The van der Waals surface area contributed by atoms with Gasteiger partial charge in [-0.25, -0.2) is 9.97 Å². The molecule has 55 heavy (non-hydrogen) atoms. The average molecular weight is 751 g/mol. The number of rotatable bonds is 9. The predicted molar refractivity (Wildman–Crippen MR) is 230 cm³/mol. The number of hydrogen-bond acceptors (Lipinski definition) is 3. The minimum Gasteiger partial charge on any atom is -0.507 e. The first-order valence-corrected chi connectivity index (χ1v) is 16.9. The molecule has 5 nitrogen and oxygen atoms in total. The highest BCUT2D eigenvalue weighted by molar-refractivity contribution is 5.97. The van der Waals surface area contributed by atoms with Gasteiger partial charge >= 0.3 is 0 Å². The lowest BCUT2D eigenvalue weighted by molar-refractivity contribution is 0.477. The molecular formula is C50H50N4O. The van der Waals surface area contributed by atoms with Crippen LogP contribution in [0.1, 0.15) is 139 Å². The fourth-order valence-electron chi connectivity index (χ4n) is 7.05. The molecule has 2 heterocycles. The van der Waals surface area contributed by atoms with Gasteiger partial charge in [-0.15, -0.1) is 0 Å². The highest BCUT2D eigenvalue weighted by Gasteiger charge is 2.26. The SMILES string of the molecule is [2H]C([2H])([2H])C([2H])(c1cccc(C([2H])(C([2H])([2H])[2H])C([2H])([2H])[2H])c1-n1c(-c2cccc(-c3cccc4c3nc(-c3ccccc3O)n4-c3c(C([2H])(C([2H])([2H])[2H])C([2H])([2H])[2H])cccc3C([2H])(C([2H])([2H])[2H])C([2H])([2H])[2H])c2)nc2ccccc21)C([2H])([2H])[2H]. The largest absolute Gasteiger partial charge is 0.507 e. The Morgan fingerprint density at radius 2 is 0.982 bits per heavy atom. The zero-order valence-corrected chi connectivity index (χ0v) is 28.9. The van der Waals surface area contributed by atoms with Gasteiger partial charge < -0.3 is 5.11 Å². The number of phenols is 1. The second kappa shape index (κ2) is 14.4. The molecular weight excluding hydrogens is 673 g/mol. The van der Waals surface area contributed by atoms with E-state index in [1.165, 1.54) is 91.0 Å². The van der Waals surface area contributed by atoms with Crippen molar-refractivity contribution in [1.82, 2.24) is 19.1 Å². The molecule has 8 aromatic rings. The molecule has 0 radical (unpaired) electrons. The predicted octanol–water partition coefficient (Wildman–Crippen LogP) is 13.6. The molecule has 0 atom stereocenters. The molecule has 0 bridgehead atoms. The molecule has 0 aliphatic rings. The van der Waals surface area contributed by atoms with E-state index in [0.29, 0.717) is 0 Å². The van der Waals surface area contributed by atoms with E-state index in [-0.39, 0.29) is 50.1 Å². The van der Waals surface area contributed by atoms with Crippen molar-refractivity contribution in [2.75, 3.05) is 0 Å². The van der Waals surface area contributed by atoms with Gasteiger partial charge in [0.25, 0.3) is 0 Å². The van der Waals surface area contributed by atoms with E-state index in [4.69, 9.17) is 42.9 Å². The van der Waals surface area contributed by atoms with Crippen LogP contribution in [-0.4, -0.2) is 24.2 Å². The second-order valence-corrected chi connectivity index (χ2v) is 12.7. The molecule has 0 amide bonds. The van der Waals surface area contributed by atoms with E-state index >= 15 is 0 Å². The number of imidazole rings is 2. The molecule has 0 aliphatic carbocycles. The van der Waals surface area contributed by atoms with Gasteiger partial charge in [-0.1, -0.05) is 146 Å². The molecule has 0 saturated carbocycles. The lowest BCUT2D eigenvalue weighted by Crippen LogP contribution is -2.08. The number of fused-ring (bicyclic) bond motifs is 2. The van der Waals surface area contributed by atoms with Crippen LogP contribution in [0.4, 0.5) is 0 Å². The number of nitrogens with zero attached hydrogens (tertiary/aromatic N) is 4. The minimum absolute atomic E-state index is 0.0136. The van der Waals surface area contributed by atoms with Gasteiger partial charge in [0.05, 0.1) is 39.0 Å². The number of para-hydroxylation sites is 6. The minimum atomic E-state index is -3.80. The molecule has 2 aromatic heterocycles. The summed E-state index contributed by atoms with van der Waals surface area (Å²) in [7, 11) is 0. The summed E-state index contributed by atoms with van der Waals surface area (Å²) in [5.74, 6) is -15.9. The Labute approximate surface area is 364 Å². The van der Waals surface area contributed by atoms with E-state index < -0.39 is 124 Å². The fraction of sp³-hybridized carbons (Fsp3) is 0.240. The van der Waals surface area contributed by atoms with Gasteiger partial charge in [-0.2, -0.15) is 0 Å². The molecule has 0 fully saturated rings. The van der Waals surface area contributed by atoms with Crippen molar-refractivity contribution >= 4 is 22.1 Å². The standard InChI is InChI=1S/C50H50N4O/c1-30(2)36-20-14-21-37(31(3)4)47(36)53-43-26-11-10-25-42(43)51-49(53)35-18-13-17-34(29-35)40-24-16-27-44-46(40)52-50(41-19-9-12-28-45(41)55)54(44)48-38(32(5)6)22-15-23-39(48)33(7)8/h9-33,55H,1-8H3/i1D3,2D3,3D3,4D3,5D3,6D3,7D3,8D3,30D,31D,32D,33D. The summed E-state index contributed by atoms with van der Waals surface area (Å²) in [4.78, 5) is 9.72. The van der Waals surface area contributed by atoms with Crippen molar-refractivity contribution in [3.05, 3.63) is 150 Å². The van der Waals surface area contributed by atoms with Gasteiger partial charge in [0.15, 0.2) is 0 Å². The van der Waals surface area contributed by atoms with Crippen molar-refractivity contribution in [2.45, 2.75) is 78.4 Å². The zero-order valence-electron chi connectivity index (χ0n) is 56.9.